The van der Waals surface area contributed by atoms with Gasteiger partial charge in [-0.1, -0.05) is 0 Å². The molecule has 0 heterocycles. The third kappa shape index (κ3) is 1.98. The van der Waals surface area contributed by atoms with E-state index >= 15 is 0 Å². The van der Waals surface area contributed by atoms with Gasteiger partial charge in [0.15, 0.2) is 11.7 Å². The summed E-state index contributed by atoms with van der Waals surface area (Å²) in [5.41, 5.74) is 0. The van der Waals surface area contributed by atoms with Crippen LogP contribution in [0.25, 0.3) is 0 Å². The normalized spacial score (nSPS) is 20.6. The molecule has 0 aromatic carbocycles. The number of ketones is 4. The van der Waals surface area contributed by atoms with E-state index in [-0.39, 0.29) is 6.61 Å². The molecule has 1 aliphatic rings. The van der Waals surface area contributed by atoms with E-state index in [1.165, 1.54) is 6.92 Å². The summed E-state index contributed by atoms with van der Waals surface area (Å²) in [5, 5.41) is 0. The van der Waals surface area contributed by atoms with Crippen molar-refractivity contribution in [3.63, 3.8) is 0 Å². The SMILES string of the molecule is CCOC(=O)C(=O)C1C(=O)CC(=O)C1=O. The standard InChI is InChI=1S/C9H8O6/c1-2-15-9(14)8(13)6-4(10)3-5(11)7(6)12/h6H,2-3H2,1H3. The first kappa shape index (κ1) is 11.2. The second kappa shape index (κ2) is 4.12. The van der Waals surface area contributed by atoms with Crippen molar-refractivity contribution in [3.05, 3.63) is 0 Å². The summed E-state index contributed by atoms with van der Waals surface area (Å²) in [4.78, 5) is 55.1. The number of carbonyl (C=O) groups is 5. The van der Waals surface area contributed by atoms with Gasteiger partial charge in [-0.3, -0.25) is 19.2 Å². The van der Waals surface area contributed by atoms with Crippen LogP contribution in [0.5, 0.6) is 0 Å². The van der Waals surface area contributed by atoms with Crippen molar-refractivity contribution in [2.45, 2.75) is 13.3 Å². The molecule has 0 spiro atoms. The average Bonchev–Trinajstić information content (AvgIpc) is 2.41. The Hall–Kier alpha value is -1.85. The minimum atomic E-state index is -1.77. The molecular formula is C9H8O6. The molecule has 0 aromatic heterocycles. The fourth-order valence-corrected chi connectivity index (χ4v) is 1.24. The van der Waals surface area contributed by atoms with Crippen molar-refractivity contribution in [3.8, 4) is 0 Å². The zero-order chi connectivity index (χ0) is 11.6. The minimum Gasteiger partial charge on any atom is -0.460 e. The fraction of sp³-hybridized carbons (Fsp3) is 0.444. The van der Waals surface area contributed by atoms with Crippen LogP contribution in [0.3, 0.4) is 0 Å². The Bertz CT molecular complexity index is 367. The van der Waals surface area contributed by atoms with E-state index in [1.54, 1.807) is 0 Å². The Kier molecular flexibility index (Phi) is 3.08. The van der Waals surface area contributed by atoms with E-state index in [4.69, 9.17) is 0 Å². The van der Waals surface area contributed by atoms with Crippen molar-refractivity contribution in [1.82, 2.24) is 0 Å². The molecule has 1 fully saturated rings. The predicted octanol–water partition coefficient (Wildman–Crippen LogP) is -1.15. The molecule has 1 aliphatic carbocycles. The first-order valence-corrected chi connectivity index (χ1v) is 4.29. The minimum absolute atomic E-state index is 0.0341. The molecule has 0 bridgehead atoms. The molecule has 0 saturated heterocycles. The van der Waals surface area contributed by atoms with Gasteiger partial charge in [-0.15, -0.1) is 0 Å². The highest BCUT2D eigenvalue weighted by atomic mass is 16.5. The van der Waals surface area contributed by atoms with Gasteiger partial charge in [-0.05, 0) is 6.92 Å². The zero-order valence-electron chi connectivity index (χ0n) is 7.94. The second-order valence-corrected chi connectivity index (χ2v) is 2.95. The molecule has 80 valence electrons. The summed E-state index contributed by atoms with van der Waals surface area (Å²) in [6.45, 7) is 1.45. The highest BCUT2D eigenvalue weighted by molar-refractivity contribution is 6.59. The summed E-state index contributed by atoms with van der Waals surface area (Å²) in [6.07, 6.45) is -0.603. The van der Waals surface area contributed by atoms with Gasteiger partial charge in [0.2, 0.25) is 11.6 Å². The number of hydrogen-bond donors (Lipinski definition) is 0. The van der Waals surface area contributed by atoms with E-state index in [0.29, 0.717) is 0 Å². The number of esters is 1. The maximum Gasteiger partial charge on any atom is 0.375 e. The van der Waals surface area contributed by atoms with E-state index in [2.05, 4.69) is 4.74 Å². The second-order valence-electron chi connectivity index (χ2n) is 2.95. The summed E-state index contributed by atoms with van der Waals surface area (Å²) >= 11 is 0. The van der Waals surface area contributed by atoms with Crippen molar-refractivity contribution in [2.24, 2.45) is 5.92 Å². The van der Waals surface area contributed by atoms with Crippen LogP contribution in [0, 0.1) is 5.92 Å². The highest BCUT2D eigenvalue weighted by Gasteiger charge is 2.47. The number of carbonyl (C=O) groups excluding carboxylic acids is 5. The molecule has 0 N–H and O–H groups in total. The Balaban J connectivity index is 2.84. The van der Waals surface area contributed by atoms with Gasteiger partial charge in [0.05, 0.1) is 13.0 Å². The molecule has 6 nitrogen and oxygen atoms in total. The smallest absolute Gasteiger partial charge is 0.375 e. The lowest BCUT2D eigenvalue weighted by atomic mass is 10.0. The Labute approximate surface area is 84.6 Å². The lowest BCUT2D eigenvalue weighted by Crippen LogP contribution is -2.33. The summed E-state index contributed by atoms with van der Waals surface area (Å²) < 4.78 is 4.34. The zero-order valence-corrected chi connectivity index (χ0v) is 7.94. The molecule has 0 aliphatic heterocycles. The molecule has 1 unspecified atom stereocenters. The predicted molar refractivity (Wildman–Crippen MR) is 44.8 cm³/mol. The van der Waals surface area contributed by atoms with Gasteiger partial charge in [-0.2, -0.15) is 0 Å². The van der Waals surface area contributed by atoms with Gasteiger partial charge in [0, 0.05) is 0 Å². The van der Waals surface area contributed by atoms with Crippen LogP contribution in [0.15, 0.2) is 0 Å². The monoisotopic (exact) mass is 212 g/mol. The Morgan fingerprint density at radius 2 is 1.93 bits per heavy atom. The maximum absolute atomic E-state index is 11.2. The summed E-state index contributed by atoms with van der Waals surface area (Å²) in [5.74, 6) is -7.14. The lowest BCUT2D eigenvalue weighted by molar-refractivity contribution is -0.157. The number of hydrogen-bond acceptors (Lipinski definition) is 6. The molecular weight excluding hydrogens is 204 g/mol. The molecule has 15 heavy (non-hydrogen) atoms. The van der Waals surface area contributed by atoms with E-state index < -0.39 is 41.4 Å². The molecule has 0 aromatic rings. The van der Waals surface area contributed by atoms with Gasteiger partial charge >= 0.3 is 5.97 Å². The van der Waals surface area contributed by atoms with Crippen LogP contribution in [-0.4, -0.2) is 35.7 Å². The largest absolute Gasteiger partial charge is 0.460 e. The van der Waals surface area contributed by atoms with Crippen molar-refractivity contribution in [1.29, 1.82) is 0 Å². The molecule has 0 radical (unpaired) electrons. The number of ether oxygens (including phenoxy) is 1. The first-order valence-electron chi connectivity index (χ1n) is 4.29. The van der Waals surface area contributed by atoms with Crippen LogP contribution in [0.2, 0.25) is 0 Å². The number of Topliss-reactive ketones (excluding diaryl/α,β-unsaturated/α-hetero) is 4. The van der Waals surface area contributed by atoms with Gasteiger partial charge < -0.3 is 4.74 Å². The quantitative estimate of drug-likeness (QED) is 0.333. The molecule has 1 atom stereocenters. The van der Waals surface area contributed by atoms with E-state index in [1.807, 2.05) is 0 Å². The Morgan fingerprint density at radius 1 is 1.33 bits per heavy atom. The van der Waals surface area contributed by atoms with Gasteiger partial charge in [0.25, 0.3) is 5.78 Å². The van der Waals surface area contributed by atoms with Crippen LogP contribution >= 0.6 is 0 Å². The maximum atomic E-state index is 11.2. The number of rotatable bonds is 3. The fourth-order valence-electron chi connectivity index (χ4n) is 1.24. The van der Waals surface area contributed by atoms with Crippen molar-refractivity contribution >= 4 is 29.1 Å². The Morgan fingerprint density at radius 3 is 2.33 bits per heavy atom. The third-order valence-electron chi connectivity index (χ3n) is 1.93. The van der Waals surface area contributed by atoms with Crippen LogP contribution in [0.1, 0.15) is 13.3 Å². The van der Waals surface area contributed by atoms with Crippen LogP contribution < -0.4 is 0 Å². The first-order chi connectivity index (χ1) is 6.99. The topological polar surface area (TPSA) is 94.6 Å². The average molecular weight is 212 g/mol. The van der Waals surface area contributed by atoms with E-state index in [9.17, 15) is 24.0 Å². The summed E-state index contributed by atoms with van der Waals surface area (Å²) in [7, 11) is 0. The van der Waals surface area contributed by atoms with Crippen molar-refractivity contribution < 1.29 is 28.7 Å². The molecule has 0 amide bonds. The van der Waals surface area contributed by atoms with Gasteiger partial charge in [-0.25, -0.2) is 4.79 Å². The molecule has 1 saturated carbocycles. The summed E-state index contributed by atoms with van der Waals surface area (Å²) in [6, 6.07) is 0. The third-order valence-corrected chi connectivity index (χ3v) is 1.93. The molecule has 6 heteroatoms. The van der Waals surface area contributed by atoms with E-state index in [0.717, 1.165) is 0 Å². The highest BCUT2D eigenvalue weighted by Crippen LogP contribution is 2.16. The molecule has 1 rings (SSSR count). The van der Waals surface area contributed by atoms with Crippen LogP contribution in [0.4, 0.5) is 0 Å². The lowest BCUT2D eigenvalue weighted by Gasteiger charge is -2.03. The van der Waals surface area contributed by atoms with Gasteiger partial charge in [0.1, 0.15) is 0 Å². The van der Waals surface area contributed by atoms with Crippen molar-refractivity contribution in [2.75, 3.05) is 6.61 Å². The van der Waals surface area contributed by atoms with Crippen LogP contribution in [-0.2, 0) is 28.7 Å².